The average molecular weight is 611 g/mol. The Balaban J connectivity index is 1.23. The predicted octanol–water partition coefficient (Wildman–Crippen LogP) is 5.73. The summed E-state index contributed by atoms with van der Waals surface area (Å²) in [6, 6.07) is 16.3. The Hall–Kier alpha value is -3.92. The third-order valence-corrected chi connectivity index (χ3v) is 8.07. The van der Waals surface area contributed by atoms with Crippen molar-refractivity contribution < 1.29 is 18.7 Å². The number of benzene rings is 3. The van der Waals surface area contributed by atoms with E-state index in [0.717, 1.165) is 30.0 Å². The van der Waals surface area contributed by atoms with Crippen molar-refractivity contribution in [3.05, 3.63) is 98.9 Å². The van der Waals surface area contributed by atoms with E-state index in [4.69, 9.17) is 27.9 Å². The van der Waals surface area contributed by atoms with Crippen molar-refractivity contribution in [3.8, 4) is 17.1 Å². The van der Waals surface area contributed by atoms with Gasteiger partial charge in [0.15, 0.2) is 0 Å². The number of carbonyl (C=O) groups excluding carboxylic acids is 2. The Morgan fingerprint density at radius 2 is 1.93 bits per heavy atom. The molecule has 0 radical (unpaired) electrons. The van der Waals surface area contributed by atoms with E-state index in [1.807, 2.05) is 29.8 Å². The number of halogens is 3. The van der Waals surface area contributed by atoms with Gasteiger partial charge in [-0.1, -0.05) is 47.5 Å². The Bertz CT molecular complexity index is 1610. The number of hydrogen-bond acceptors (Lipinski definition) is 5. The normalized spacial score (nSPS) is 12.7. The number of amides is 2. The molecule has 0 atom stereocenters. The SMILES string of the molecule is CNC(=O)CCN(C=O)c1cnc(-c2ccc3c(c2)CN(Cc2ccc(OCc4c(F)cccc4Cl)cc2Cl)C3)n1C. The minimum Gasteiger partial charge on any atom is -0.489 e. The second-order valence-corrected chi connectivity index (χ2v) is 10.9. The van der Waals surface area contributed by atoms with Crippen LogP contribution in [0.2, 0.25) is 10.0 Å². The topological polar surface area (TPSA) is 79.7 Å². The number of nitrogens with one attached hydrogen (secondary N) is 1. The van der Waals surface area contributed by atoms with Gasteiger partial charge < -0.3 is 14.6 Å². The average Bonchev–Trinajstić information content (AvgIpc) is 3.56. The molecule has 3 aromatic carbocycles. The number of fused-ring (bicyclic) bond motifs is 1. The summed E-state index contributed by atoms with van der Waals surface area (Å²) in [5.74, 6) is 1.33. The van der Waals surface area contributed by atoms with Gasteiger partial charge in [0.1, 0.15) is 29.8 Å². The van der Waals surface area contributed by atoms with Crippen LogP contribution in [0.25, 0.3) is 11.4 Å². The zero-order valence-electron chi connectivity index (χ0n) is 23.2. The summed E-state index contributed by atoms with van der Waals surface area (Å²) < 4.78 is 21.7. The van der Waals surface area contributed by atoms with Gasteiger partial charge in [0.25, 0.3) is 0 Å². The molecule has 0 fully saturated rings. The van der Waals surface area contributed by atoms with Crippen LogP contribution < -0.4 is 15.0 Å². The van der Waals surface area contributed by atoms with Gasteiger partial charge in [0.05, 0.1) is 11.2 Å². The maximum absolute atomic E-state index is 14.1. The molecule has 5 rings (SSSR count). The molecule has 2 heterocycles. The summed E-state index contributed by atoms with van der Waals surface area (Å²) in [5, 5.41) is 3.46. The van der Waals surface area contributed by atoms with Gasteiger partial charge in [-0.3, -0.25) is 19.4 Å². The second kappa shape index (κ2) is 12.9. The van der Waals surface area contributed by atoms with E-state index in [2.05, 4.69) is 27.3 Å². The Kier molecular flexibility index (Phi) is 9.11. The first-order valence-corrected chi connectivity index (χ1v) is 14.2. The van der Waals surface area contributed by atoms with Crippen LogP contribution in [0.5, 0.6) is 5.75 Å². The number of aromatic nitrogens is 2. The number of imidazole rings is 1. The highest BCUT2D eigenvalue weighted by Crippen LogP contribution is 2.32. The summed E-state index contributed by atoms with van der Waals surface area (Å²) in [7, 11) is 3.42. The van der Waals surface area contributed by atoms with Gasteiger partial charge in [0.2, 0.25) is 12.3 Å². The minimum absolute atomic E-state index is 0.00559. The lowest BCUT2D eigenvalue weighted by Crippen LogP contribution is -2.29. The molecule has 42 heavy (non-hydrogen) atoms. The minimum atomic E-state index is -0.411. The van der Waals surface area contributed by atoms with Crippen molar-refractivity contribution in [2.75, 3.05) is 18.5 Å². The first-order valence-electron chi connectivity index (χ1n) is 13.4. The van der Waals surface area contributed by atoms with Crippen molar-refractivity contribution in [2.45, 2.75) is 32.7 Å². The number of nitrogens with zero attached hydrogens (tertiary/aromatic N) is 4. The molecule has 8 nitrogen and oxygen atoms in total. The Morgan fingerprint density at radius 3 is 2.67 bits per heavy atom. The van der Waals surface area contributed by atoms with Gasteiger partial charge in [-0.25, -0.2) is 9.37 Å². The van der Waals surface area contributed by atoms with Crippen LogP contribution in [0.4, 0.5) is 10.2 Å². The molecule has 1 N–H and O–H groups in total. The van der Waals surface area contributed by atoms with E-state index in [-0.39, 0.29) is 25.5 Å². The van der Waals surface area contributed by atoms with Crippen molar-refractivity contribution in [1.82, 2.24) is 19.8 Å². The zero-order valence-corrected chi connectivity index (χ0v) is 24.8. The molecule has 1 aliphatic rings. The molecule has 1 aliphatic heterocycles. The first kappa shape index (κ1) is 29.6. The molecule has 2 amide bonds. The fraction of sp³-hybridized carbons (Fsp3) is 0.258. The summed E-state index contributed by atoms with van der Waals surface area (Å²) in [6.45, 7) is 2.44. The largest absolute Gasteiger partial charge is 0.489 e. The predicted molar refractivity (Wildman–Crippen MR) is 161 cm³/mol. The molecular weight excluding hydrogens is 580 g/mol. The van der Waals surface area contributed by atoms with E-state index in [1.165, 1.54) is 22.1 Å². The van der Waals surface area contributed by atoms with Gasteiger partial charge in [0, 0.05) is 62.8 Å². The molecular formula is C31H30Cl2FN5O3. The number of ether oxygens (including phenoxy) is 1. The Morgan fingerprint density at radius 1 is 1.12 bits per heavy atom. The van der Waals surface area contributed by atoms with Crippen LogP contribution >= 0.6 is 23.2 Å². The van der Waals surface area contributed by atoms with Crippen LogP contribution in [0.1, 0.15) is 28.7 Å². The second-order valence-electron chi connectivity index (χ2n) is 10.1. The highest BCUT2D eigenvalue weighted by Gasteiger charge is 2.22. The third-order valence-electron chi connectivity index (χ3n) is 7.36. The molecule has 0 saturated heterocycles. The Labute approximate surface area is 253 Å². The fourth-order valence-electron chi connectivity index (χ4n) is 5.03. The van der Waals surface area contributed by atoms with Crippen LogP contribution in [0.15, 0.2) is 60.8 Å². The maximum atomic E-state index is 14.1. The van der Waals surface area contributed by atoms with Crippen LogP contribution in [0, 0.1) is 5.82 Å². The molecule has 4 aromatic rings. The summed E-state index contributed by atoms with van der Waals surface area (Å²) >= 11 is 12.7. The molecule has 0 bridgehead atoms. The summed E-state index contributed by atoms with van der Waals surface area (Å²) in [6.07, 6.45) is 2.56. The van der Waals surface area contributed by atoms with E-state index in [1.54, 1.807) is 31.4 Å². The van der Waals surface area contributed by atoms with E-state index < -0.39 is 5.82 Å². The van der Waals surface area contributed by atoms with Crippen LogP contribution in [0.3, 0.4) is 0 Å². The van der Waals surface area contributed by atoms with E-state index in [0.29, 0.717) is 40.1 Å². The highest BCUT2D eigenvalue weighted by atomic mass is 35.5. The van der Waals surface area contributed by atoms with Crippen molar-refractivity contribution in [1.29, 1.82) is 0 Å². The third kappa shape index (κ3) is 6.43. The smallest absolute Gasteiger partial charge is 0.221 e. The van der Waals surface area contributed by atoms with E-state index >= 15 is 0 Å². The van der Waals surface area contributed by atoms with Crippen molar-refractivity contribution >= 4 is 41.3 Å². The fourth-order valence-corrected chi connectivity index (χ4v) is 5.48. The zero-order chi connectivity index (χ0) is 29.8. The van der Waals surface area contributed by atoms with Crippen LogP contribution in [-0.4, -0.2) is 40.4 Å². The van der Waals surface area contributed by atoms with Crippen molar-refractivity contribution in [2.24, 2.45) is 7.05 Å². The quantitative estimate of drug-likeness (QED) is 0.220. The maximum Gasteiger partial charge on any atom is 0.221 e. The number of hydrogen-bond donors (Lipinski definition) is 1. The number of carbonyl (C=O) groups is 2. The van der Waals surface area contributed by atoms with Gasteiger partial charge in [-0.15, -0.1) is 0 Å². The molecule has 0 spiro atoms. The molecule has 218 valence electrons. The molecule has 11 heteroatoms. The van der Waals surface area contributed by atoms with Crippen LogP contribution in [-0.2, 0) is 42.9 Å². The molecule has 0 aliphatic carbocycles. The number of rotatable bonds is 11. The standard InChI is InChI=1S/C31H30Cl2FN5O3/c1-35-29(41)10-11-39(19-40)30-14-36-31(37(30)2)20-6-7-21-15-38(17-23(21)12-20)16-22-8-9-24(13-27(22)33)42-18-25-26(32)4-3-5-28(25)34/h3-9,12-14,19H,10-11,15-18H2,1-2H3,(H,35,41). The first-order chi connectivity index (χ1) is 20.3. The summed E-state index contributed by atoms with van der Waals surface area (Å²) in [5.41, 5.74) is 4.63. The molecule has 0 saturated carbocycles. The molecule has 1 aromatic heterocycles. The van der Waals surface area contributed by atoms with Gasteiger partial charge in [-0.2, -0.15) is 0 Å². The van der Waals surface area contributed by atoms with Crippen molar-refractivity contribution in [3.63, 3.8) is 0 Å². The lowest BCUT2D eigenvalue weighted by molar-refractivity contribution is -0.120. The lowest BCUT2D eigenvalue weighted by atomic mass is 10.1. The highest BCUT2D eigenvalue weighted by molar-refractivity contribution is 6.31. The summed E-state index contributed by atoms with van der Waals surface area (Å²) in [4.78, 5) is 31.7. The lowest BCUT2D eigenvalue weighted by Gasteiger charge is -2.17. The number of anilines is 1. The van der Waals surface area contributed by atoms with Gasteiger partial charge in [-0.05, 0) is 47.0 Å². The monoisotopic (exact) mass is 609 g/mol. The van der Waals surface area contributed by atoms with Gasteiger partial charge >= 0.3 is 0 Å². The molecule has 0 unspecified atom stereocenters. The van der Waals surface area contributed by atoms with E-state index in [9.17, 15) is 14.0 Å².